The fourth-order valence-electron chi connectivity index (χ4n) is 11.3. The predicted octanol–water partition coefficient (Wildman–Crippen LogP) is 21.4. The Morgan fingerprint density at radius 2 is 1.10 bits per heavy atom. The molecule has 3 heterocycles. The number of imidazole rings is 1. The molecule has 8 heteroatoms. The van der Waals surface area contributed by atoms with Crippen LogP contribution >= 0.6 is 0 Å². The van der Waals surface area contributed by atoms with E-state index in [1.54, 1.807) is 0 Å². The number of pyridine rings is 2. The second kappa shape index (κ2) is 30.3. The summed E-state index contributed by atoms with van der Waals surface area (Å²) in [6, 6.07) is 96.7. The Morgan fingerprint density at radius 3 is 1.69 bits per heavy atom. The molecule has 3 aromatic heterocycles. The topological polar surface area (TPSA) is 80.9 Å². The summed E-state index contributed by atoms with van der Waals surface area (Å²) in [4.78, 5) is 23.9. The maximum Gasteiger partial charge on any atom is 0.155 e. The molecule has 0 aliphatic carbocycles. The number of aliphatic hydroxyl groups is 1. The summed E-state index contributed by atoms with van der Waals surface area (Å²) in [6.07, 6.45) is 8.48. The van der Waals surface area contributed by atoms with Crippen molar-refractivity contribution < 1.29 is 50.1 Å². The summed E-state index contributed by atoms with van der Waals surface area (Å²) >= 11 is 0. The standard InChI is InChI=1S/C43H28N2.C19H18N.C15H16N.C5H8O2.2Ir/c1-2-13-31(14-3-1)43-44-39-20-10-11-21-40(39)45(43)34-26-24-30(25-27-34)41-35-16-6-8-18-37(35)42(38-19-9-7-17-36(38)41)33-23-22-29-12-4-5-15-32(29)28-33;1-19(2,3)16-10-8-15(9-11-16)18-17-7-5-4-6-14(17)12-13-20-18;1-2-3-6-13-8-10-14(11-9-13)15-7-4-5-12-16-15;1-4(6)3-5(2)7;;/h1-28H;4-8,10-13H,1-3H3;4-5,7-10,12H,2-3,6H2,1H3;3,6H,1-2H3;;/q;2*-1;;;. The average Bonchev–Trinajstić information content (AvgIpc) is 0.873. The molecule has 0 atom stereocenters. The fraction of sp³-hybridized carbons (Fsp3) is 0.122. The Labute approximate surface area is 555 Å². The second-order valence-electron chi connectivity index (χ2n) is 23.0. The monoisotopic (exact) mass is 1530 g/mol. The van der Waals surface area contributed by atoms with Crippen molar-refractivity contribution in [2.24, 2.45) is 0 Å². The van der Waals surface area contributed by atoms with Crippen LogP contribution in [-0.2, 0) is 56.8 Å². The van der Waals surface area contributed by atoms with Gasteiger partial charge in [-0.25, -0.2) is 4.98 Å². The van der Waals surface area contributed by atoms with E-state index >= 15 is 0 Å². The van der Waals surface area contributed by atoms with Crippen molar-refractivity contribution in [2.45, 2.75) is 66.2 Å². The molecule has 14 rings (SSSR count). The van der Waals surface area contributed by atoms with Gasteiger partial charge >= 0.3 is 0 Å². The van der Waals surface area contributed by atoms with E-state index < -0.39 is 0 Å². The van der Waals surface area contributed by atoms with Gasteiger partial charge in [0, 0.05) is 69.9 Å². The summed E-state index contributed by atoms with van der Waals surface area (Å²) in [5.41, 5.74) is 16.2. The van der Waals surface area contributed by atoms with Gasteiger partial charge in [0.1, 0.15) is 5.82 Å². The van der Waals surface area contributed by atoms with Gasteiger partial charge in [-0.05, 0) is 138 Å². The zero-order valence-electron chi connectivity index (χ0n) is 51.4. The minimum atomic E-state index is -0.125. The fourth-order valence-corrected chi connectivity index (χ4v) is 11.3. The largest absolute Gasteiger partial charge is 0.512 e. The first kappa shape index (κ1) is 65.2. The van der Waals surface area contributed by atoms with E-state index in [2.05, 4.69) is 279 Å². The minimum Gasteiger partial charge on any atom is -0.512 e. The van der Waals surface area contributed by atoms with Crippen LogP contribution in [0, 0.1) is 12.1 Å². The maximum absolute atomic E-state index is 10.0. The van der Waals surface area contributed by atoms with Crippen LogP contribution in [0.15, 0.2) is 279 Å². The van der Waals surface area contributed by atoms with Gasteiger partial charge in [0.05, 0.1) is 16.8 Å². The number of hydrogen-bond acceptors (Lipinski definition) is 5. The molecule has 0 aliphatic heterocycles. The molecule has 0 saturated heterocycles. The summed E-state index contributed by atoms with van der Waals surface area (Å²) in [7, 11) is 0. The van der Waals surface area contributed by atoms with Crippen LogP contribution in [-0.4, -0.2) is 30.4 Å². The van der Waals surface area contributed by atoms with Crippen molar-refractivity contribution in [1.82, 2.24) is 19.5 Å². The van der Waals surface area contributed by atoms with Gasteiger partial charge in [-0.3, -0.25) is 9.36 Å². The molecule has 90 heavy (non-hydrogen) atoms. The molecule has 0 saturated carbocycles. The van der Waals surface area contributed by atoms with Gasteiger partial charge < -0.3 is 15.1 Å². The third-order valence-corrected chi connectivity index (χ3v) is 15.6. The number of carbonyl (C=O) groups excluding carboxylic acids is 1. The van der Waals surface area contributed by atoms with Gasteiger partial charge in [-0.1, -0.05) is 223 Å². The number of ketones is 1. The first-order valence-corrected chi connectivity index (χ1v) is 30.1. The number of aliphatic hydroxyl groups excluding tert-OH is 1. The molecule has 450 valence electrons. The number of allylic oxidation sites excluding steroid dienone is 2. The van der Waals surface area contributed by atoms with Crippen molar-refractivity contribution >= 4 is 59.9 Å². The van der Waals surface area contributed by atoms with Gasteiger partial charge in [-0.15, -0.1) is 70.8 Å². The third kappa shape index (κ3) is 15.2. The molecule has 0 spiro atoms. The summed E-state index contributed by atoms with van der Waals surface area (Å²) in [6.45, 7) is 11.7. The van der Waals surface area contributed by atoms with E-state index in [1.807, 2.05) is 42.7 Å². The Hall–Kier alpha value is -9.26. The number of hydrogen-bond donors (Lipinski definition) is 1. The van der Waals surface area contributed by atoms with E-state index in [4.69, 9.17) is 10.1 Å². The average molecular weight is 1530 g/mol. The van der Waals surface area contributed by atoms with Crippen LogP contribution in [0.5, 0.6) is 0 Å². The molecule has 0 amide bonds. The van der Waals surface area contributed by atoms with Crippen LogP contribution in [0.3, 0.4) is 0 Å². The Balaban J connectivity index is 0.000000176. The van der Waals surface area contributed by atoms with E-state index in [-0.39, 0.29) is 57.2 Å². The molecule has 14 aromatic rings. The zero-order chi connectivity index (χ0) is 61.0. The second-order valence-corrected chi connectivity index (χ2v) is 23.0. The van der Waals surface area contributed by atoms with Gasteiger partial charge in [0.15, 0.2) is 5.78 Å². The predicted molar refractivity (Wildman–Crippen MR) is 369 cm³/mol. The molecule has 2 radical (unpaired) electrons. The number of fused-ring (bicyclic) bond motifs is 5. The number of carbonyl (C=O) groups is 1. The Bertz CT molecular complexity index is 4660. The molecule has 1 N–H and O–H groups in total. The number of aromatic nitrogens is 4. The van der Waals surface area contributed by atoms with Crippen molar-refractivity contribution in [3.8, 4) is 61.8 Å². The van der Waals surface area contributed by atoms with Crippen LogP contribution in [0.2, 0.25) is 0 Å². The quantitative estimate of drug-likeness (QED) is 0.0639. The molecule has 0 aliphatic rings. The first-order valence-electron chi connectivity index (χ1n) is 30.1. The molecule has 6 nitrogen and oxygen atoms in total. The molecular formula is C82H70Ir2N4O2-2. The smallest absolute Gasteiger partial charge is 0.155 e. The first-order chi connectivity index (χ1) is 42.9. The number of para-hydroxylation sites is 2. The number of rotatable bonds is 10. The number of nitrogens with zero attached hydrogens (tertiary/aromatic N) is 4. The van der Waals surface area contributed by atoms with Gasteiger partial charge in [0.2, 0.25) is 0 Å². The Morgan fingerprint density at radius 1 is 0.522 bits per heavy atom. The molecule has 0 bridgehead atoms. The summed E-state index contributed by atoms with van der Waals surface area (Å²) in [5.74, 6) is 0.882. The number of aryl methyl sites for hydroxylation is 1. The van der Waals surface area contributed by atoms with Crippen molar-refractivity contribution in [3.05, 3.63) is 302 Å². The van der Waals surface area contributed by atoms with Crippen LogP contribution < -0.4 is 0 Å². The van der Waals surface area contributed by atoms with Gasteiger partial charge in [0.25, 0.3) is 0 Å². The summed E-state index contributed by atoms with van der Waals surface area (Å²) in [5, 5.41) is 18.3. The normalized spacial score (nSPS) is 11.1. The Kier molecular flexibility index (Phi) is 21.9. The maximum atomic E-state index is 10.0. The van der Waals surface area contributed by atoms with Gasteiger partial charge in [-0.2, -0.15) is 0 Å². The van der Waals surface area contributed by atoms with Crippen LogP contribution in [0.25, 0.3) is 116 Å². The summed E-state index contributed by atoms with van der Waals surface area (Å²) < 4.78 is 2.27. The molecule has 0 fully saturated rings. The molecule has 11 aromatic carbocycles. The van der Waals surface area contributed by atoms with Crippen LogP contribution in [0.4, 0.5) is 0 Å². The zero-order valence-corrected chi connectivity index (χ0v) is 56.2. The van der Waals surface area contributed by atoms with Crippen molar-refractivity contribution in [3.63, 3.8) is 0 Å². The van der Waals surface area contributed by atoms with E-state index in [0.717, 1.165) is 57.0 Å². The van der Waals surface area contributed by atoms with Crippen molar-refractivity contribution in [2.75, 3.05) is 0 Å². The van der Waals surface area contributed by atoms with E-state index in [0.29, 0.717) is 0 Å². The van der Waals surface area contributed by atoms with Crippen molar-refractivity contribution in [1.29, 1.82) is 0 Å². The number of unbranched alkanes of at least 4 members (excludes halogenated alkanes) is 1. The molecular weight excluding hydrogens is 1460 g/mol. The number of benzene rings is 11. The van der Waals surface area contributed by atoms with E-state index in [1.165, 1.54) is 109 Å². The SMILES string of the molecule is CC(=O)C=C(C)O.CC(C)(C)c1c[c-]c(-c2nccc3ccccc23)cc1.CCCCc1c[c-]c(-c2ccccn2)cc1.[Ir].[Ir].c1ccc(-c2nc3ccccc3n2-c2ccc(-c3c4ccccc4c(-c4ccc5ccccc5c4)c4ccccc34)cc2)cc1. The minimum absolute atomic E-state index is 0. The third-order valence-electron chi connectivity index (χ3n) is 15.6. The molecule has 0 unspecified atom stereocenters. The van der Waals surface area contributed by atoms with E-state index in [9.17, 15) is 4.79 Å². The van der Waals surface area contributed by atoms with Crippen LogP contribution in [0.1, 0.15) is 65.5 Å².